The van der Waals surface area contributed by atoms with E-state index in [1.807, 2.05) is 4.90 Å². The van der Waals surface area contributed by atoms with E-state index in [2.05, 4.69) is 23.7 Å². The lowest BCUT2D eigenvalue weighted by atomic mass is 10.1. The molecule has 0 N–H and O–H groups in total. The minimum atomic E-state index is 0.126. The molecule has 1 aromatic heterocycles. The first-order valence-electron chi connectivity index (χ1n) is 6.58. The molecule has 4 heteroatoms. The van der Waals surface area contributed by atoms with Crippen LogP contribution in [0.3, 0.4) is 0 Å². The maximum absolute atomic E-state index is 12.2. The lowest BCUT2D eigenvalue weighted by Gasteiger charge is -2.35. The molecule has 0 radical (unpaired) electrons. The Balaban J connectivity index is 1.88. The van der Waals surface area contributed by atoms with Gasteiger partial charge in [-0.2, -0.15) is 0 Å². The number of amides is 1. The number of aromatic nitrogens is 1. The molecule has 1 aliphatic rings. The van der Waals surface area contributed by atoms with Crippen LogP contribution in [0.2, 0.25) is 0 Å². The molecule has 0 bridgehead atoms. The van der Waals surface area contributed by atoms with E-state index < -0.39 is 0 Å². The zero-order chi connectivity index (χ0) is 13.0. The average molecular weight is 247 g/mol. The summed E-state index contributed by atoms with van der Waals surface area (Å²) in [6.45, 7) is 9.20. The van der Waals surface area contributed by atoms with Crippen LogP contribution in [0.15, 0.2) is 24.5 Å². The molecule has 1 fully saturated rings. The van der Waals surface area contributed by atoms with Crippen molar-refractivity contribution in [3.63, 3.8) is 0 Å². The molecule has 0 saturated carbocycles. The Morgan fingerprint density at radius 2 is 1.83 bits per heavy atom. The van der Waals surface area contributed by atoms with Crippen LogP contribution in [-0.4, -0.2) is 53.4 Å². The van der Waals surface area contributed by atoms with Gasteiger partial charge in [0.25, 0.3) is 5.91 Å². The second-order valence-electron chi connectivity index (χ2n) is 5.22. The predicted molar refractivity (Wildman–Crippen MR) is 71.4 cm³/mol. The molecule has 1 aliphatic heterocycles. The number of nitrogens with zero attached hydrogens (tertiary/aromatic N) is 3. The van der Waals surface area contributed by atoms with Crippen molar-refractivity contribution in [3.8, 4) is 0 Å². The molecule has 1 saturated heterocycles. The van der Waals surface area contributed by atoms with Gasteiger partial charge < -0.3 is 4.90 Å². The number of hydrogen-bond donors (Lipinski definition) is 0. The van der Waals surface area contributed by atoms with Crippen LogP contribution < -0.4 is 0 Å². The highest BCUT2D eigenvalue weighted by atomic mass is 16.2. The molecular formula is C14H21N3O. The Hall–Kier alpha value is -1.42. The van der Waals surface area contributed by atoms with Crippen molar-refractivity contribution in [1.82, 2.24) is 14.8 Å². The van der Waals surface area contributed by atoms with Gasteiger partial charge in [-0.05, 0) is 18.1 Å². The van der Waals surface area contributed by atoms with Crippen molar-refractivity contribution in [3.05, 3.63) is 30.1 Å². The summed E-state index contributed by atoms with van der Waals surface area (Å²) < 4.78 is 0. The number of pyridine rings is 1. The van der Waals surface area contributed by atoms with E-state index in [0.29, 0.717) is 5.92 Å². The van der Waals surface area contributed by atoms with Gasteiger partial charge >= 0.3 is 0 Å². The number of rotatable bonds is 3. The maximum Gasteiger partial charge on any atom is 0.254 e. The summed E-state index contributed by atoms with van der Waals surface area (Å²) in [4.78, 5) is 20.5. The highest BCUT2D eigenvalue weighted by Gasteiger charge is 2.22. The van der Waals surface area contributed by atoms with Gasteiger partial charge in [-0.25, -0.2) is 0 Å². The summed E-state index contributed by atoms with van der Waals surface area (Å²) in [5.74, 6) is 0.814. The first-order chi connectivity index (χ1) is 8.66. The van der Waals surface area contributed by atoms with Crippen LogP contribution in [-0.2, 0) is 0 Å². The first-order valence-corrected chi connectivity index (χ1v) is 6.58. The van der Waals surface area contributed by atoms with Gasteiger partial charge in [0, 0.05) is 50.7 Å². The van der Waals surface area contributed by atoms with Crippen molar-refractivity contribution < 1.29 is 4.79 Å². The fraction of sp³-hybridized carbons (Fsp3) is 0.571. The normalized spacial score (nSPS) is 17.2. The summed E-state index contributed by atoms with van der Waals surface area (Å²) in [6, 6.07) is 3.56. The molecule has 0 spiro atoms. The van der Waals surface area contributed by atoms with Gasteiger partial charge in [-0.15, -0.1) is 0 Å². The number of hydrogen-bond acceptors (Lipinski definition) is 3. The molecule has 2 heterocycles. The number of carbonyl (C=O) groups excluding carboxylic acids is 1. The monoisotopic (exact) mass is 247 g/mol. The molecule has 1 amide bonds. The van der Waals surface area contributed by atoms with E-state index in [4.69, 9.17) is 0 Å². The highest BCUT2D eigenvalue weighted by molar-refractivity contribution is 5.94. The average Bonchev–Trinajstić information content (AvgIpc) is 2.39. The number of piperazine rings is 1. The van der Waals surface area contributed by atoms with Gasteiger partial charge in [0.05, 0.1) is 0 Å². The van der Waals surface area contributed by atoms with Gasteiger partial charge in [0.2, 0.25) is 0 Å². The topological polar surface area (TPSA) is 36.4 Å². The Kier molecular flexibility index (Phi) is 4.31. The van der Waals surface area contributed by atoms with E-state index in [1.165, 1.54) is 0 Å². The van der Waals surface area contributed by atoms with Crippen molar-refractivity contribution in [2.45, 2.75) is 13.8 Å². The van der Waals surface area contributed by atoms with E-state index in [9.17, 15) is 4.79 Å². The molecule has 0 atom stereocenters. The van der Waals surface area contributed by atoms with Gasteiger partial charge in [0.1, 0.15) is 0 Å². The SMILES string of the molecule is CC(C)CN1CCN(C(=O)c2ccncc2)CC1. The van der Waals surface area contributed by atoms with Crippen LogP contribution in [0.5, 0.6) is 0 Å². The minimum absolute atomic E-state index is 0.126. The molecule has 18 heavy (non-hydrogen) atoms. The summed E-state index contributed by atoms with van der Waals surface area (Å²) in [7, 11) is 0. The van der Waals surface area contributed by atoms with Crippen molar-refractivity contribution in [2.75, 3.05) is 32.7 Å². The molecule has 0 aliphatic carbocycles. The zero-order valence-corrected chi connectivity index (χ0v) is 11.2. The van der Waals surface area contributed by atoms with Gasteiger partial charge in [-0.3, -0.25) is 14.7 Å². The third-order valence-electron chi connectivity index (χ3n) is 3.21. The van der Waals surface area contributed by atoms with Crippen molar-refractivity contribution in [1.29, 1.82) is 0 Å². The Bertz CT molecular complexity index is 383. The fourth-order valence-corrected chi connectivity index (χ4v) is 2.33. The lowest BCUT2D eigenvalue weighted by Crippen LogP contribution is -2.49. The van der Waals surface area contributed by atoms with Crippen molar-refractivity contribution >= 4 is 5.91 Å². The molecule has 4 nitrogen and oxygen atoms in total. The summed E-state index contributed by atoms with van der Waals surface area (Å²) in [5, 5.41) is 0. The van der Waals surface area contributed by atoms with Crippen LogP contribution >= 0.6 is 0 Å². The molecule has 0 unspecified atom stereocenters. The zero-order valence-electron chi connectivity index (χ0n) is 11.2. The third-order valence-corrected chi connectivity index (χ3v) is 3.21. The van der Waals surface area contributed by atoms with Crippen LogP contribution in [0.25, 0.3) is 0 Å². The fourth-order valence-electron chi connectivity index (χ4n) is 2.33. The minimum Gasteiger partial charge on any atom is -0.336 e. The maximum atomic E-state index is 12.2. The Labute approximate surface area is 109 Å². The third kappa shape index (κ3) is 3.29. The molecule has 0 aromatic carbocycles. The smallest absolute Gasteiger partial charge is 0.254 e. The van der Waals surface area contributed by atoms with Crippen LogP contribution in [0, 0.1) is 5.92 Å². The Morgan fingerprint density at radius 1 is 1.22 bits per heavy atom. The highest BCUT2D eigenvalue weighted by Crippen LogP contribution is 2.09. The molecule has 2 rings (SSSR count). The molecular weight excluding hydrogens is 226 g/mol. The standard InChI is InChI=1S/C14H21N3O/c1-12(2)11-16-7-9-17(10-8-16)14(18)13-3-5-15-6-4-13/h3-6,12H,7-11H2,1-2H3. The van der Waals surface area contributed by atoms with Crippen molar-refractivity contribution in [2.24, 2.45) is 5.92 Å². The van der Waals surface area contributed by atoms with Crippen LogP contribution in [0.1, 0.15) is 24.2 Å². The van der Waals surface area contributed by atoms with E-state index in [1.54, 1.807) is 24.5 Å². The van der Waals surface area contributed by atoms with Crippen LogP contribution in [0.4, 0.5) is 0 Å². The Morgan fingerprint density at radius 3 is 2.39 bits per heavy atom. The second kappa shape index (κ2) is 5.96. The molecule has 1 aromatic rings. The first kappa shape index (κ1) is 13.0. The summed E-state index contributed by atoms with van der Waals surface area (Å²) in [5.41, 5.74) is 0.738. The molecule has 98 valence electrons. The summed E-state index contributed by atoms with van der Waals surface area (Å²) in [6.07, 6.45) is 3.34. The largest absolute Gasteiger partial charge is 0.336 e. The second-order valence-corrected chi connectivity index (χ2v) is 5.22. The van der Waals surface area contributed by atoms with Gasteiger partial charge in [0.15, 0.2) is 0 Å². The van der Waals surface area contributed by atoms with Gasteiger partial charge in [-0.1, -0.05) is 13.8 Å². The number of carbonyl (C=O) groups is 1. The van der Waals surface area contributed by atoms with E-state index in [-0.39, 0.29) is 5.91 Å². The lowest BCUT2D eigenvalue weighted by molar-refractivity contribution is 0.0623. The summed E-state index contributed by atoms with van der Waals surface area (Å²) >= 11 is 0. The predicted octanol–water partition coefficient (Wildman–Crippen LogP) is 1.50. The van der Waals surface area contributed by atoms with E-state index in [0.717, 1.165) is 38.3 Å². The van der Waals surface area contributed by atoms with E-state index >= 15 is 0 Å². The quantitative estimate of drug-likeness (QED) is 0.812.